The van der Waals surface area contributed by atoms with Gasteiger partial charge < -0.3 is 25.6 Å². The molecule has 1 aliphatic rings. The number of aliphatic carboxylic acids is 1. The van der Waals surface area contributed by atoms with E-state index in [9.17, 15) is 32.7 Å². The lowest BCUT2D eigenvalue weighted by molar-refractivity contribution is -0.154. The van der Waals surface area contributed by atoms with Crippen LogP contribution in [0.4, 0.5) is 18.0 Å². The minimum atomic E-state index is -4.85. The average Bonchev–Trinajstić information content (AvgIpc) is 3.10. The van der Waals surface area contributed by atoms with Gasteiger partial charge in [0, 0.05) is 5.92 Å². The van der Waals surface area contributed by atoms with Crippen LogP contribution in [0.25, 0.3) is 11.1 Å². The van der Waals surface area contributed by atoms with Gasteiger partial charge in [-0.1, -0.05) is 48.5 Å². The Hall–Kier alpha value is -3.60. The molecule has 2 aromatic carbocycles. The van der Waals surface area contributed by atoms with E-state index in [0.717, 1.165) is 29.2 Å². The highest BCUT2D eigenvalue weighted by Gasteiger charge is 2.41. The van der Waals surface area contributed by atoms with E-state index >= 15 is 0 Å². The maximum Gasteiger partial charge on any atom is 0.407 e. The molecule has 0 heterocycles. The summed E-state index contributed by atoms with van der Waals surface area (Å²) in [5.74, 6) is -3.43. The lowest BCUT2D eigenvalue weighted by Crippen LogP contribution is -2.60. The highest BCUT2D eigenvalue weighted by molar-refractivity contribution is 5.91. The number of ether oxygens (including phenoxy) is 1. The number of hydrogen-bond acceptors (Lipinski definition) is 5. The summed E-state index contributed by atoms with van der Waals surface area (Å²) in [6, 6.07) is 12.8. The molecule has 1 aliphatic carbocycles. The average molecular weight is 480 g/mol. The number of carboxylic acid groups (broad SMARTS) is 1. The topological polar surface area (TPSA) is 125 Å². The van der Waals surface area contributed by atoms with Crippen molar-refractivity contribution in [2.24, 2.45) is 0 Å². The third-order valence-corrected chi connectivity index (χ3v) is 5.58. The maximum absolute atomic E-state index is 13.0. The van der Waals surface area contributed by atoms with Crippen LogP contribution in [0.15, 0.2) is 48.5 Å². The van der Waals surface area contributed by atoms with Crippen molar-refractivity contribution in [3.8, 4) is 11.1 Å². The van der Waals surface area contributed by atoms with E-state index in [1.165, 1.54) is 0 Å². The van der Waals surface area contributed by atoms with Crippen molar-refractivity contribution in [1.29, 1.82) is 0 Å². The molecule has 34 heavy (non-hydrogen) atoms. The molecule has 182 valence electrons. The summed E-state index contributed by atoms with van der Waals surface area (Å²) >= 11 is 0. The minimum Gasteiger partial charge on any atom is -0.479 e. The molecule has 2 atom stereocenters. The zero-order valence-electron chi connectivity index (χ0n) is 18.1. The van der Waals surface area contributed by atoms with Crippen LogP contribution in [0.1, 0.15) is 30.4 Å². The number of aliphatic hydroxyl groups excluding tert-OH is 1. The van der Waals surface area contributed by atoms with Crippen LogP contribution in [-0.2, 0) is 14.3 Å². The van der Waals surface area contributed by atoms with Crippen LogP contribution < -0.4 is 10.6 Å². The van der Waals surface area contributed by atoms with Crippen molar-refractivity contribution in [2.45, 2.75) is 37.0 Å². The standard InChI is InChI=1S/C23H23F3N2O6/c1-22(12-29,20(31)32)28-19(30)18(10-23(24,25)26)27-21(33)34-11-17-15-8-4-2-6-13(15)14-7-3-5-9-16(14)17/h2-9,17-18,29H,10-12H2,1H3,(H,27,33)(H,28,30)(H,31,32). The molecule has 8 nitrogen and oxygen atoms in total. The van der Waals surface area contributed by atoms with Crippen molar-refractivity contribution < 1.29 is 42.5 Å². The molecule has 0 bridgehead atoms. The highest BCUT2D eigenvalue weighted by Crippen LogP contribution is 2.44. The summed E-state index contributed by atoms with van der Waals surface area (Å²) < 4.78 is 44.2. The molecule has 2 unspecified atom stereocenters. The summed E-state index contributed by atoms with van der Waals surface area (Å²) in [5.41, 5.74) is 1.46. The Morgan fingerprint density at radius 2 is 1.56 bits per heavy atom. The second-order valence-corrected chi connectivity index (χ2v) is 8.13. The number of benzene rings is 2. The Labute approximate surface area is 192 Å². The molecule has 0 fully saturated rings. The first-order valence-corrected chi connectivity index (χ1v) is 10.3. The molecule has 0 radical (unpaired) electrons. The van der Waals surface area contributed by atoms with Gasteiger partial charge in [-0.3, -0.25) is 4.79 Å². The smallest absolute Gasteiger partial charge is 0.407 e. The molecule has 2 aromatic rings. The SMILES string of the molecule is CC(CO)(NC(=O)C(CC(F)(F)F)NC(=O)OCC1c2ccccc2-c2ccccc21)C(=O)O. The minimum absolute atomic E-state index is 0.191. The van der Waals surface area contributed by atoms with Gasteiger partial charge in [0.05, 0.1) is 13.0 Å². The van der Waals surface area contributed by atoms with E-state index in [4.69, 9.17) is 9.84 Å². The van der Waals surface area contributed by atoms with Crippen LogP contribution in [0, 0.1) is 0 Å². The predicted molar refractivity (Wildman–Crippen MR) is 114 cm³/mol. The van der Waals surface area contributed by atoms with Crippen molar-refractivity contribution >= 4 is 18.0 Å². The van der Waals surface area contributed by atoms with E-state index in [-0.39, 0.29) is 12.5 Å². The van der Waals surface area contributed by atoms with Crippen molar-refractivity contribution in [1.82, 2.24) is 10.6 Å². The summed E-state index contributed by atoms with van der Waals surface area (Å²) in [5, 5.41) is 22.1. The van der Waals surface area contributed by atoms with Gasteiger partial charge in [0.25, 0.3) is 0 Å². The largest absolute Gasteiger partial charge is 0.479 e. The molecule has 0 aromatic heterocycles. The molecule has 4 N–H and O–H groups in total. The van der Waals surface area contributed by atoms with E-state index < -0.39 is 48.8 Å². The van der Waals surface area contributed by atoms with Crippen molar-refractivity contribution in [2.75, 3.05) is 13.2 Å². The third-order valence-electron chi connectivity index (χ3n) is 5.58. The Balaban J connectivity index is 1.72. The Morgan fingerprint density at radius 1 is 1.03 bits per heavy atom. The first-order chi connectivity index (χ1) is 15.9. The molecule has 11 heteroatoms. The molecule has 0 saturated carbocycles. The first-order valence-electron chi connectivity index (χ1n) is 10.3. The molecular weight excluding hydrogens is 457 g/mol. The lowest BCUT2D eigenvalue weighted by Gasteiger charge is -2.27. The number of alkyl halides is 3. The number of halogens is 3. The van der Waals surface area contributed by atoms with Gasteiger partial charge >= 0.3 is 18.2 Å². The first kappa shape index (κ1) is 25.0. The fourth-order valence-electron chi connectivity index (χ4n) is 3.74. The predicted octanol–water partition coefficient (Wildman–Crippen LogP) is 2.80. The van der Waals surface area contributed by atoms with E-state index in [0.29, 0.717) is 0 Å². The maximum atomic E-state index is 13.0. The van der Waals surface area contributed by atoms with Crippen molar-refractivity contribution in [3.05, 3.63) is 59.7 Å². The molecule has 2 amide bonds. The third kappa shape index (κ3) is 5.48. The Morgan fingerprint density at radius 3 is 2.03 bits per heavy atom. The normalized spacial score (nSPS) is 15.4. The number of hydrogen-bond donors (Lipinski definition) is 4. The number of amides is 2. The number of alkyl carbamates (subject to hydrolysis) is 1. The summed E-state index contributed by atoms with van der Waals surface area (Å²) in [6.45, 7) is -0.341. The van der Waals surface area contributed by atoms with Crippen LogP contribution in [0.3, 0.4) is 0 Å². The van der Waals surface area contributed by atoms with Gasteiger partial charge in [0.15, 0.2) is 5.54 Å². The number of rotatable bonds is 8. The number of nitrogens with one attached hydrogen (secondary N) is 2. The summed E-state index contributed by atoms with van der Waals surface area (Å²) in [7, 11) is 0. The molecule has 3 rings (SSSR count). The fraction of sp³-hybridized carbons (Fsp3) is 0.348. The summed E-state index contributed by atoms with van der Waals surface area (Å²) in [6.07, 6.45) is -7.88. The lowest BCUT2D eigenvalue weighted by atomic mass is 9.98. The zero-order valence-corrected chi connectivity index (χ0v) is 18.1. The monoisotopic (exact) mass is 480 g/mol. The van der Waals surface area contributed by atoms with E-state index in [1.807, 2.05) is 59.2 Å². The van der Waals surface area contributed by atoms with Gasteiger partial charge in [0.2, 0.25) is 5.91 Å². The second-order valence-electron chi connectivity index (χ2n) is 8.13. The number of carbonyl (C=O) groups excluding carboxylic acids is 2. The van der Waals surface area contributed by atoms with E-state index in [2.05, 4.69) is 0 Å². The molecule has 0 aliphatic heterocycles. The van der Waals surface area contributed by atoms with Gasteiger partial charge in [-0.15, -0.1) is 0 Å². The number of aliphatic hydroxyl groups is 1. The van der Waals surface area contributed by atoms with Gasteiger partial charge in [-0.2, -0.15) is 13.2 Å². The molecular formula is C23H23F3N2O6. The molecule has 0 saturated heterocycles. The van der Waals surface area contributed by atoms with Gasteiger partial charge in [-0.25, -0.2) is 9.59 Å². The molecule has 0 spiro atoms. The number of carboxylic acids is 1. The number of carbonyl (C=O) groups is 3. The number of fused-ring (bicyclic) bond motifs is 3. The Bertz CT molecular complexity index is 1040. The quantitative estimate of drug-likeness (QED) is 0.461. The van der Waals surface area contributed by atoms with Gasteiger partial charge in [-0.05, 0) is 29.2 Å². The van der Waals surface area contributed by atoms with Gasteiger partial charge in [0.1, 0.15) is 12.6 Å². The second kappa shape index (κ2) is 9.72. The fourth-order valence-corrected chi connectivity index (χ4v) is 3.74. The summed E-state index contributed by atoms with van der Waals surface area (Å²) in [4.78, 5) is 36.0. The van der Waals surface area contributed by atoms with E-state index in [1.54, 1.807) is 0 Å². The van der Waals surface area contributed by atoms with Crippen LogP contribution in [0.5, 0.6) is 0 Å². The van der Waals surface area contributed by atoms with Crippen molar-refractivity contribution in [3.63, 3.8) is 0 Å². The Kier molecular flexibility index (Phi) is 7.15. The van der Waals surface area contributed by atoms with Crippen LogP contribution in [0.2, 0.25) is 0 Å². The highest BCUT2D eigenvalue weighted by atomic mass is 19.4. The zero-order chi connectivity index (χ0) is 25.1. The van der Waals surface area contributed by atoms with Crippen LogP contribution >= 0.6 is 0 Å². The van der Waals surface area contributed by atoms with Crippen LogP contribution in [-0.4, -0.2) is 59.2 Å².